The van der Waals surface area contributed by atoms with Crippen molar-refractivity contribution in [3.63, 3.8) is 0 Å². The molecule has 35 heavy (non-hydrogen) atoms. The molecule has 1 heterocycles. The molecule has 0 aromatic heterocycles. The predicted molar refractivity (Wildman–Crippen MR) is 129 cm³/mol. The van der Waals surface area contributed by atoms with Gasteiger partial charge < -0.3 is 9.64 Å². The van der Waals surface area contributed by atoms with Crippen LogP contribution in [0.25, 0.3) is 5.57 Å². The second-order valence-electron chi connectivity index (χ2n) is 9.10. The minimum atomic E-state index is -1.49. The number of benzene rings is 3. The molecule has 0 unspecified atom stereocenters. The van der Waals surface area contributed by atoms with Crippen LogP contribution in [0.15, 0.2) is 84.4 Å². The number of amides is 1. The molecule has 3 aromatic carbocycles. The molecule has 1 spiro atoms. The summed E-state index contributed by atoms with van der Waals surface area (Å²) in [5, 5.41) is 0. The van der Waals surface area contributed by atoms with Gasteiger partial charge in [-0.05, 0) is 11.6 Å². The Balaban J connectivity index is 1.64. The molecule has 3 aromatic rings. The van der Waals surface area contributed by atoms with Crippen molar-refractivity contribution < 1.29 is 23.9 Å². The van der Waals surface area contributed by atoms with Crippen molar-refractivity contribution >= 4 is 34.7 Å². The van der Waals surface area contributed by atoms with Crippen LogP contribution < -0.4 is 4.90 Å². The van der Waals surface area contributed by atoms with E-state index >= 15 is 0 Å². The number of ether oxygens (including phenoxy) is 1. The number of Topliss-reactive ketones (excluding diaryl/α,β-unsaturated/α-hetero) is 2. The summed E-state index contributed by atoms with van der Waals surface area (Å²) in [5.74, 6) is -3.13. The summed E-state index contributed by atoms with van der Waals surface area (Å²) in [6, 6.07) is 23.2. The standard InChI is InChI=1S/C29H21NO5/c1-30-20-15-9-8-14-19(20)21(27(30)33)22(28(34)35-2)24-23(16-10-4-3-5-11-16)29(24)25(31)17-12-6-7-13-18(17)26(29)32/h3-15,23-24H,1-2H3/b22-21+/t23-,24-/m1/s1. The minimum absolute atomic E-state index is 0.0812. The number of hydrogen-bond donors (Lipinski definition) is 0. The lowest BCUT2D eigenvalue weighted by Crippen LogP contribution is -2.26. The minimum Gasteiger partial charge on any atom is -0.466 e. The molecule has 1 fully saturated rings. The van der Waals surface area contributed by atoms with Gasteiger partial charge in [0.25, 0.3) is 5.91 Å². The maximum atomic E-state index is 13.9. The lowest BCUT2D eigenvalue weighted by atomic mass is 9.89. The van der Waals surface area contributed by atoms with Gasteiger partial charge in [-0.1, -0.05) is 72.8 Å². The molecule has 1 aliphatic heterocycles. The van der Waals surface area contributed by atoms with Gasteiger partial charge in [0.1, 0.15) is 5.41 Å². The highest BCUT2D eigenvalue weighted by molar-refractivity contribution is 6.38. The van der Waals surface area contributed by atoms with E-state index in [0.29, 0.717) is 22.4 Å². The molecule has 2 aliphatic carbocycles. The quantitative estimate of drug-likeness (QED) is 0.332. The van der Waals surface area contributed by atoms with Crippen molar-refractivity contribution in [1.82, 2.24) is 0 Å². The Hall–Kier alpha value is -4.32. The van der Waals surface area contributed by atoms with Crippen LogP contribution in [0.4, 0.5) is 5.69 Å². The van der Waals surface area contributed by atoms with Crippen LogP contribution >= 0.6 is 0 Å². The van der Waals surface area contributed by atoms with Gasteiger partial charge in [-0.3, -0.25) is 14.4 Å². The van der Waals surface area contributed by atoms with Gasteiger partial charge in [0.2, 0.25) is 0 Å². The van der Waals surface area contributed by atoms with E-state index in [0.717, 1.165) is 5.56 Å². The van der Waals surface area contributed by atoms with E-state index < -0.39 is 23.2 Å². The monoisotopic (exact) mass is 463 g/mol. The second-order valence-corrected chi connectivity index (χ2v) is 9.10. The van der Waals surface area contributed by atoms with Crippen LogP contribution in [-0.4, -0.2) is 37.6 Å². The molecule has 0 N–H and O–H groups in total. The molecule has 1 saturated carbocycles. The van der Waals surface area contributed by atoms with Crippen molar-refractivity contribution in [3.05, 3.63) is 107 Å². The number of ketones is 2. The van der Waals surface area contributed by atoms with Gasteiger partial charge in [-0.25, -0.2) is 4.79 Å². The zero-order chi connectivity index (χ0) is 24.5. The van der Waals surface area contributed by atoms with Gasteiger partial charge >= 0.3 is 5.97 Å². The lowest BCUT2D eigenvalue weighted by Gasteiger charge is -2.12. The molecule has 6 nitrogen and oxygen atoms in total. The fourth-order valence-electron chi connectivity index (χ4n) is 6.02. The van der Waals surface area contributed by atoms with Crippen LogP contribution in [-0.2, 0) is 14.3 Å². The summed E-state index contributed by atoms with van der Waals surface area (Å²) in [4.78, 5) is 56.2. The zero-order valence-corrected chi connectivity index (χ0v) is 19.1. The Kier molecular flexibility index (Phi) is 4.45. The van der Waals surface area contributed by atoms with Gasteiger partial charge in [0, 0.05) is 35.6 Å². The molecular formula is C29H21NO5. The normalized spacial score (nSPS) is 22.8. The molecule has 0 radical (unpaired) electrons. The molecule has 3 aliphatic rings. The van der Waals surface area contributed by atoms with Crippen LogP contribution in [0.2, 0.25) is 0 Å². The number of methoxy groups -OCH3 is 1. The highest BCUT2D eigenvalue weighted by Gasteiger charge is 2.78. The average molecular weight is 463 g/mol. The number of esters is 1. The van der Waals surface area contributed by atoms with E-state index in [1.54, 1.807) is 49.5 Å². The third-order valence-corrected chi connectivity index (χ3v) is 7.57. The molecule has 6 heteroatoms. The number of hydrogen-bond acceptors (Lipinski definition) is 5. The second kappa shape index (κ2) is 7.34. The van der Waals surface area contributed by atoms with Crippen molar-refractivity contribution in [2.75, 3.05) is 19.1 Å². The van der Waals surface area contributed by atoms with Crippen molar-refractivity contribution in [3.8, 4) is 0 Å². The maximum absolute atomic E-state index is 13.9. The summed E-state index contributed by atoms with van der Waals surface area (Å²) < 4.78 is 5.17. The Morgan fingerprint density at radius 2 is 1.34 bits per heavy atom. The van der Waals surface area contributed by atoms with Gasteiger partial charge in [0.05, 0.1) is 23.9 Å². The van der Waals surface area contributed by atoms with Crippen molar-refractivity contribution in [2.45, 2.75) is 5.92 Å². The molecule has 1 amide bonds. The highest BCUT2D eigenvalue weighted by Crippen LogP contribution is 2.73. The number of carbonyl (C=O) groups is 4. The number of rotatable bonds is 3. The zero-order valence-electron chi connectivity index (χ0n) is 19.1. The fourth-order valence-corrected chi connectivity index (χ4v) is 6.02. The smallest absolute Gasteiger partial charge is 0.334 e. The number of likely N-dealkylation sites (N-methyl/N-ethyl adjacent to an activating group) is 1. The summed E-state index contributed by atoms with van der Waals surface area (Å²) in [6.07, 6.45) is 0. The molecule has 172 valence electrons. The van der Waals surface area contributed by atoms with Crippen molar-refractivity contribution in [1.29, 1.82) is 0 Å². The third kappa shape index (κ3) is 2.59. The topological polar surface area (TPSA) is 80.8 Å². The summed E-state index contributed by atoms with van der Waals surface area (Å²) in [7, 11) is 2.89. The van der Waals surface area contributed by atoms with E-state index in [1.807, 2.05) is 36.4 Å². The Labute approximate surface area is 201 Å². The van der Waals surface area contributed by atoms with Gasteiger partial charge in [0.15, 0.2) is 11.6 Å². The van der Waals surface area contributed by atoms with E-state index in [2.05, 4.69) is 0 Å². The SMILES string of the molecule is COC(=O)/C(=C1/C(=O)N(C)c2ccccc21)[C@@H]1[C@@H](c2ccccc2)C12C(=O)c1ccccc1C2=O. The van der Waals surface area contributed by atoms with Crippen LogP contribution in [0, 0.1) is 11.3 Å². The summed E-state index contributed by atoms with van der Waals surface area (Å²) in [6.45, 7) is 0. The first-order valence-corrected chi connectivity index (χ1v) is 11.4. The number of carbonyl (C=O) groups excluding carboxylic acids is 4. The first-order chi connectivity index (χ1) is 16.9. The summed E-state index contributed by atoms with van der Waals surface area (Å²) >= 11 is 0. The van der Waals surface area contributed by atoms with Crippen LogP contribution in [0.5, 0.6) is 0 Å². The first kappa shape index (κ1) is 21.2. The summed E-state index contributed by atoms with van der Waals surface area (Å²) in [5.41, 5.74) is 1.50. The largest absolute Gasteiger partial charge is 0.466 e. The van der Waals surface area contributed by atoms with E-state index in [-0.39, 0.29) is 28.6 Å². The molecular weight excluding hydrogens is 442 g/mol. The van der Waals surface area contributed by atoms with E-state index in [4.69, 9.17) is 4.74 Å². The average Bonchev–Trinajstić information content (AvgIpc) is 3.46. The Morgan fingerprint density at radius 3 is 1.94 bits per heavy atom. The predicted octanol–water partition coefficient (Wildman–Crippen LogP) is 4.07. The van der Waals surface area contributed by atoms with Crippen LogP contribution in [0.3, 0.4) is 0 Å². The number of anilines is 1. The molecule has 6 rings (SSSR count). The maximum Gasteiger partial charge on any atom is 0.334 e. The molecule has 0 bridgehead atoms. The Bertz CT molecular complexity index is 1450. The first-order valence-electron chi connectivity index (χ1n) is 11.4. The van der Waals surface area contributed by atoms with E-state index in [1.165, 1.54) is 12.0 Å². The number of nitrogens with zero attached hydrogens (tertiary/aromatic N) is 1. The number of para-hydroxylation sites is 1. The lowest BCUT2D eigenvalue weighted by molar-refractivity contribution is -0.136. The molecule has 2 atom stereocenters. The fraction of sp³-hybridized carbons (Fsp3) is 0.172. The Morgan fingerprint density at radius 1 is 0.800 bits per heavy atom. The van der Waals surface area contributed by atoms with Gasteiger partial charge in [-0.2, -0.15) is 0 Å². The van der Waals surface area contributed by atoms with Crippen molar-refractivity contribution in [2.24, 2.45) is 11.3 Å². The van der Waals surface area contributed by atoms with Crippen LogP contribution in [0.1, 0.15) is 37.8 Å². The van der Waals surface area contributed by atoms with Gasteiger partial charge in [-0.15, -0.1) is 0 Å². The molecule has 0 saturated heterocycles. The number of fused-ring (bicyclic) bond motifs is 2. The third-order valence-electron chi connectivity index (χ3n) is 7.57. The highest BCUT2D eigenvalue weighted by atomic mass is 16.5. The van der Waals surface area contributed by atoms with E-state index in [9.17, 15) is 19.2 Å².